The zero-order chi connectivity index (χ0) is 10.5. The fourth-order valence-corrected chi connectivity index (χ4v) is 2.31. The first kappa shape index (κ1) is 11.2. The van der Waals surface area contributed by atoms with Crippen LogP contribution in [-0.4, -0.2) is 18.5 Å². The van der Waals surface area contributed by atoms with Crippen LogP contribution in [0.4, 0.5) is 0 Å². The van der Waals surface area contributed by atoms with Gasteiger partial charge in [0.2, 0.25) is 0 Å². The number of hydrogen-bond donors (Lipinski definition) is 0. The van der Waals surface area contributed by atoms with Crippen LogP contribution in [0.2, 0.25) is 0 Å². The smallest absolute Gasteiger partial charge is 0.193 e. The van der Waals surface area contributed by atoms with Crippen molar-refractivity contribution in [1.29, 1.82) is 0 Å². The van der Waals surface area contributed by atoms with E-state index in [4.69, 9.17) is 9.47 Å². The fraction of sp³-hybridized carbons (Fsp3) is 0.455. The number of alkyl halides is 1. The molecule has 0 radical (unpaired) electrons. The van der Waals surface area contributed by atoms with Gasteiger partial charge in [0, 0.05) is 22.7 Å². The summed E-state index contributed by atoms with van der Waals surface area (Å²) in [4.78, 5) is 1.11. The molecule has 0 atom stereocenters. The Labute approximate surface area is 102 Å². The van der Waals surface area contributed by atoms with Crippen LogP contribution in [0.1, 0.15) is 23.2 Å². The summed E-state index contributed by atoms with van der Waals surface area (Å²) in [6.45, 7) is 1.38. The molecule has 0 bridgehead atoms. The molecule has 1 aromatic rings. The Morgan fingerprint density at radius 2 is 2.27 bits per heavy atom. The Hall–Kier alpha value is -0.340. The van der Waals surface area contributed by atoms with E-state index in [0.717, 1.165) is 22.2 Å². The van der Waals surface area contributed by atoms with Gasteiger partial charge in [-0.2, -0.15) is 0 Å². The molecule has 1 aliphatic heterocycles. The standard InChI is InChI=1S/C11H11BrO2S/c12-4-2-1-3-9-7-10(15-8-9)11-13-5-6-14-11/h7-8,11H,2,4-6H2. The van der Waals surface area contributed by atoms with Gasteiger partial charge in [0.05, 0.1) is 18.1 Å². The Balaban J connectivity index is 2.01. The van der Waals surface area contributed by atoms with E-state index in [0.29, 0.717) is 13.2 Å². The van der Waals surface area contributed by atoms with Crippen LogP contribution in [0.3, 0.4) is 0 Å². The second kappa shape index (κ2) is 5.66. The summed E-state index contributed by atoms with van der Waals surface area (Å²) < 4.78 is 10.8. The maximum atomic E-state index is 5.41. The summed E-state index contributed by atoms with van der Waals surface area (Å²) in [5.41, 5.74) is 1.05. The van der Waals surface area contributed by atoms with E-state index in [1.54, 1.807) is 11.3 Å². The molecule has 1 aromatic heterocycles. The SMILES string of the molecule is BrCCC#Cc1csc(C2OCCO2)c1. The van der Waals surface area contributed by atoms with E-state index in [1.165, 1.54) is 0 Å². The lowest BCUT2D eigenvalue weighted by atomic mass is 10.3. The van der Waals surface area contributed by atoms with Gasteiger partial charge in [-0.1, -0.05) is 27.8 Å². The number of halogens is 1. The third kappa shape index (κ3) is 3.05. The van der Waals surface area contributed by atoms with Crippen molar-refractivity contribution in [2.75, 3.05) is 18.5 Å². The first-order chi connectivity index (χ1) is 7.40. The quantitative estimate of drug-likeness (QED) is 0.615. The van der Waals surface area contributed by atoms with Crippen molar-refractivity contribution in [1.82, 2.24) is 0 Å². The fourth-order valence-electron chi connectivity index (χ4n) is 1.28. The predicted molar refractivity (Wildman–Crippen MR) is 64.3 cm³/mol. The average molecular weight is 287 g/mol. The van der Waals surface area contributed by atoms with E-state index in [9.17, 15) is 0 Å². The number of ether oxygens (including phenoxy) is 2. The molecular formula is C11H11BrO2S. The van der Waals surface area contributed by atoms with Gasteiger partial charge in [0.15, 0.2) is 6.29 Å². The molecule has 0 N–H and O–H groups in total. The van der Waals surface area contributed by atoms with Crippen molar-refractivity contribution in [3.05, 3.63) is 21.9 Å². The molecule has 0 saturated carbocycles. The highest BCUT2D eigenvalue weighted by Gasteiger charge is 2.19. The summed E-state index contributed by atoms with van der Waals surface area (Å²) in [5.74, 6) is 6.19. The molecule has 1 saturated heterocycles. The summed E-state index contributed by atoms with van der Waals surface area (Å²) in [6.07, 6.45) is 0.712. The van der Waals surface area contributed by atoms with Crippen LogP contribution >= 0.6 is 27.3 Å². The van der Waals surface area contributed by atoms with Crippen LogP contribution in [-0.2, 0) is 9.47 Å². The Bertz CT molecular complexity index is 371. The minimum atomic E-state index is -0.165. The lowest BCUT2D eigenvalue weighted by Crippen LogP contribution is -1.93. The van der Waals surface area contributed by atoms with Gasteiger partial charge in [0.1, 0.15) is 0 Å². The van der Waals surface area contributed by atoms with Crippen molar-refractivity contribution < 1.29 is 9.47 Å². The van der Waals surface area contributed by atoms with Gasteiger partial charge >= 0.3 is 0 Å². The summed E-state index contributed by atoms with van der Waals surface area (Å²) >= 11 is 4.98. The van der Waals surface area contributed by atoms with Crippen LogP contribution in [0.15, 0.2) is 11.4 Å². The largest absolute Gasteiger partial charge is 0.345 e. The number of thiophene rings is 1. The van der Waals surface area contributed by atoms with Gasteiger partial charge in [-0.05, 0) is 6.07 Å². The minimum absolute atomic E-state index is 0.165. The van der Waals surface area contributed by atoms with Gasteiger partial charge in [-0.15, -0.1) is 11.3 Å². The lowest BCUT2D eigenvalue weighted by molar-refractivity contribution is -0.0413. The highest BCUT2D eigenvalue weighted by molar-refractivity contribution is 9.09. The van der Waals surface area contributed by atoms with E-state index in [2.05, 4.69) is 27.8 Å². The second-order valence-electron chi connectivity index (χ2n) is 3.05. The first-order valence-corrected chi connectivity index (χ1v) is 6.77. The maximum absolute atomic E-state index is 5.41. The van der Waals surface area contributed by atoms with Crippen LogP contribution in [0.5, 0.6) is 0 Å². The zero-order valence-corrected chi connectivity index (χ0v) is 10.6. The van der Waals surface area contributed by atoms with Crippen molar-refractivity contribution >= 4 is 27.3 Å². The maximum Gasteiger partial charge on any atom is 0.193 e. The van der Waals surface area contributed by atoms with E-state index in [1.807, 2.05) is 11.4 Å². The Kier molecular flexibility index (Phi) is 4.21. The molecule has 4 heteroatoms. The Morgan fingerprint density at radius 1 is 1.47 bits per heavy atom. The van der Waals surface area contributed by atoms with E-state index < -0.39 is 0 Å². The molecule has 80 valence electrons. The number of rotatable bonds is 2. The third-order valence-corrected chi connectivity index (χ3v) is 3.28. The zero-order valence-electron chi connectivity index (χ0n) is 8.16. The summed E-state index contributed by atoms with van der Waals surface area (Å²) in [5, 5.41) is 2.97. The molecule has 15 heavy (non-hydrogen) atoms. The summed E-state index contributed by atoms with van der Waals surface area (Å²) in [7, 11) is 0. The topological polar surface area (TPSA) is 18.5 Å². The normalized spacial score (nSPS) is 16.3. The molecule has 2 nitrogen and oxygen atoms in total. The second-order valence-corrected chi connectivity index (χ2v) is 4.79. The molecule has 0 spiro atoms. The summed E-state index contributed by atoms with van der Waals surface area (Å²) in [6, 6.07) is 2.04. The van der Waals surface area contributed by atoms with Crippen LogP contribution in [0.25, 0.3) is 0 Å². The van der Waals surface area contributed by atoms with Crippen LogP contribution in [0, 0.1) is 11.8 Å². The van der Waals surface area contributed by atoms with Crippen molar-refractivity contribution in [2.45, 2.75) is 12.7 Å². The predicted octanol–water partition coefficient (Wildman–Crippen LogP) is 2.93. The minimum Gasteiger partial charge on any atom is -0.345 e. The molecule has 0 aromatic carbocycles. The highest BCUT2D eigenvalue weighted by atomic mass is 79.9. The molecule has 1 aliphatic rings. The van der Waals surface area contributed by atoms with E-state index >= 15 is 0 Å². The monoisotopic (exact) mass is 286 g/mol. The molecule has 2 heterocycles. The van der Waals surface area contributed by atoms with Crippen molar-refractivity contribution in [3.8, 4) is 11.8 Å². The molecule has 0 aliphatic carbocycles. The van der Waals surface area contributed by atoms with Crippen LogP contribution < -0.4 is 0 Å². The highest BCUT2D eigenvalue weighted by Crippen LogP contribution is 2.28. The third-order valence-electron chi connectivity index (χ3n) is 1.93. The number of hydrogen-bond acceptors (Lipinski definition) is 3. The van der Waals surface area contributed by atoms with Gasteiger partial charge in [0.25, 0.3) is 0 Å². The molecule has 0 unspecified atom stereocenters. The Morgan fingerprint density at radius 3 is 3.00 bits per heavy atom. The van der Waals surface area contributed by atoms with E-state index in [-0.39, 0.29) is 6.29 Å². The first-order valence-electron chi connectivity index (χ1n) is 4.76. The van der Waals surface area contributed by atoms with Crippen molar-refractivity contribution in [2.24, 2.45) is 0 Å². The van der Waals surface area contributed by atoms with Gasteiger partial charge < -0.3 is 9.47 Å². The molecule has 0 amide bonds. The van der Waals surface area contributed by atoms with Gasteiger partial charge in [-0.3, -0.25) is 0 Å². The van der Waals surface area contributed by atoms with Crippen molar-refractivity contribution in [3.63, 3.8) is 0 Å². The molecular weight excluding hydrogens is 276 g/mol. The lowest BCUT2D eigenvalue weighted by Gasteiger charge is -2.03. The van der Waals surface area contributed by atoms with Gasteiger partial charge in [-0.25, -0.2) is 0 Å². The molecule has 1 fully saturated rings. The molecule has 2 rings (SSSR count). The average Bonchev–Trinajstić information content (AvgIpc) is 2.87.